The molecule has 1 aromatic carbocycles. The smallest absolute Gasteiger partial charge is 0.301 e. The predicted molar refractivity (Wildman–Crippen MR) is 74.3 cm³/mol. The Morgan fingerprint density at radius 1 is 1.32 bits per heavy atom. The highest BCUT2D eigenvalue weighted by molar-refractivity contribution is 7.90. The number of hydrogen-bond donors (Lipinski definition) is 2. The summed E-state index contributed by atoms with van der Waals surface area (Å²) >= 11 is 0. The number of ether oxygens (including phenoxy) is 1. The van der Waals surface area contributed by atoms with Crippen LogP contribution in [0.5, 0.6) is 5.75 Å². The first kappa shape index (κ1) is 14.1. The summed E-state index contributed by atoms with van der Waals surface area (Å²) in [5.41, 5.74) is 5.86. The SMILES string of the molecule is NCCOc1cccc(NS(=O)(=O)N2CCCC2)c1. The Labute approximate surface area is 113 Å². The zero-order valence-electron chi connectivity index (χ0n) is 10.7. The largest absolute Gasteiger partial charge is 0.492 e. The summed E-state index contributed by atoms with van der Waals surface area (Å²) in [5.74, 6) is 0.604. The summed E-state index contributed by atoms with van der Waals surface area (Å²) in [6.07, 6.45) is 1.83. The Morgan fingerprint density at radius 2 is 2.05 bits per heavy atom. The molecule has 0 unspecified atom stereocenters. The molecule has 1 heterocycles. The molecule has 0 spiro atoms. The topological polar surface area (TPSA) is 84.7 Å². The van der Waals surface area contributed by atoms with Gasteiger partial charge in [0.15, 0.2) is 0 Å². The fraction of sp³-hybridized carbons (Fsp3) is 0.500. The van der Waals surface area contributed by atoms with Crippen molar-refractivity contribution < 1.29 is 13.2 Å². The van der Waals surface area contributed by atoms with Crippen LogP contribution in [-0.2, 0) is 10.2 Å². The summed E-state index contributed by atoms with van der Waals surface area (Å²) in [5, 5.41) is 0. The van der Waals surface area contributed by atoms with Gasteiger partial charge in [0.2, 0.25) is 0 Å². The molecule has 0 aliphatic carbocycles. The molecule has 1 aromatic rings. The van der Waals surface area contributed by atoms with Crippen LogP contribution >= 0.6 is 0 Å². The molecule has 0 saturated carbocycles. The Kier molecular flexibility index (Phi) is 4.62. The molecule has 1 saturated heterocycles. The van der Waals surface area contributed by atoms with Crippen molar-refractivity contribution in [2.24, 2.45) is 5.73 Å². The van der Waals surface area contributed by atoms with Crippen LogP contribution in [0.4, 0.5) is 5.69 Å². The van der Waals surface area contributed by atoms with Crippen molar-refractivity contribution in [3.8, 4) is 5.75 Å². The standard InChI is InChI=1S/C12H19N3O3S/c13-6-9-18-12-5-3-4-11(10-12)14-19(16,17)15-7-1-2-8-15/h3-5,10,14H,1-2,6-9,13H2. The Morgan fingerprint density at radius 3 is 2.74 bits per heavy atom. The van der Waals surface area contributed by atoms with Crippen LogP contribution in [-0.4, -0.2) is 39.0 Å². The first-order valence-corrected chi connectivity index (χ1v) is 7.76. The summed E-state index contributed by atoms with van der Waals surface area (Å²) in [6.45, 7) is 1.99. The quantitative estimate of drug-likeness (QED) is 0.809. The van der Waals surface area contributed by atoms with Crippen molar-refractivity contribution in [1.29, 1.82) is 0 Å². The molecular formula is C12H19N3O3S. The van der Waals surface area contributed by atoms with Gasteiger partial charge in [-0.15, -0.1) is 0 Å². The minimum atomic E-state index is -3.45. The van der Waals surface area contributed by atoms with Crippen LogP contribution in [0.3, 0.4) is 0 Å². The van der Waals surface area contributed by atoms with Crippen LogP contribution in [0.25, 0.3) is 0 Å². The minimum Gasteiger partial charge on any atom is -0.492 e. The van der Waals surface area contributed by atoms with Crippen molar-refractivity contribution in [2.75, 3.05) is 31.0 Å². The Balaban J connectivity index is 2.05. The maximum absolute atomic E-state index is 12.1. The lowest BCUT2D eigenvalue weighted by atomic mass is 10.3. The highest BCUT2D eigenvalue weighted by Gasteiger charge is 2.25. The summed E-state index contributed by atoms with van der Waals surface area (Å²) < 4.78 is 33.5. The van der Waals surface area contributed by atoms with E-state index >= 15 is 0 Å². The molecule has 0 bridgehead atoms. The normalized spacial score (nSPS) is 16.5. The van der Waals surface area contributed by atoms with Gasteiger partial charge in [-0.1, -0.05) is 6.07 Å². The molecule has 0 aromatic heterocycles. The van der Waals surface area contributed by atoms with E-state index in [-0.39, 0.29) is 0 Å². The molecule has 1 fully saturated rings. The molecular weight excluding hydrogens is 266 g/mol. The van der Waals surface area contributed by atoms with Crippen molar-refractivity contribution in [2.45, 2.75) is 12.8 Å². The van der Waals surface area contributed by atoms with Crippen molar-refractivity contribution in [1.82, 2.24) is 4.31 Å². The van der Waals surface area contributed by atoms with Crippen LogP contribution in [0.1, 0.15) is 12.8 Å². The molecule has 3 N–H and O–H groups in total. The van der Waals surface area contributed by atoms with Gasteiger partial charge < -0.3 is 10.5 Å². The molecule has 1 aliphatic rings. The highest BCUT2D eigenvalue weighted by atomic mass is 32.2. The summed E-state index contributed by atoms with van der Waals surface area (Å²) in [4.78, 5) is 0. The van der Waals surface area contributed by atoms with E-state index in [0.717, 1.165) is 12.8 Å². The van der Waals surface area contributed by atoms with Gasteiger partial charge in [0.25, 0.3) is 0 Å². The van der Waals surface area contributed by atoms with Crippen LogP contribution in [0.2, 0.25) is 0 Å². The number of anilines is 1. The highest BCUT2D eigenvalue weighted by Crippen LogP contribution is 2.20. The average molecular weight is 285 g/mol. The van der Waals surface area contributed by atoms with E-state index in [1.54, 1.807) is 24.3 Å². The van der Waals surface area contributed by atoms with E-state index in [2.05, 4.69) is 4.72 Å². The first-order valence-electron chi connectivity index (χ1n) is 6.32. The number of rotatable bonds is 6. The van der Waals surface area contributed by atoms with Crippen molar-refractivity contribution in [3.63, 3.8) is 0 Å². The lowest BCUT2D eigenvalue weighted by molar-refractivity contribution is 0.328. The summed E-state index contributed by atoms with van der Waals surface area (Å²) in [6, 6.07) is 6.86. The minimum absolute atomic E-state index is 0.405. The molecule has 0 radical (unpaired) electrons. The predicted octanol–water partition coefficient (Wildman–Crippen LogP) is 0.777. The summed E-state index contributed by atoms with van der Waals surface area (Å²) in [7, 11) is -3.45. The number of hydrogen-bond acceptors (Lipinski definition) is 4. The molecule has 7 heteroatoms. The third-order valence-corrected chi connectivity index (χ3v) is 4.41. The van der Waals surface area contributed by atoms with Crippen LogP contribution in [0, 0.1) is 0 Å². The maximum Gasteiger partial charge on any atom is 0.301 e. The zero-order chi connectivity index (χ0) is 13.7. The fourth-order valence-electron chi connectivity index (χ4n) is 1.97. The molecule has 2 rings (SSSR count). The van der Waals surface area contributed by atoms with E-state index in [9.17, 15) is 8.42 Å². The van der Waals surface area contributed by atoms with Crippen molar-refractivity contribution in [3.05, 3.63) is 24.3 Å². The van der Waals surface area contributed by atoms with Gasteiger partial charge in [-0.05, 0) is 25.0 Å². The molecule has 19 heavy (non-hydrogen) atoms. The van der Waals surface area contributed by atoms with E-state index in [4.69, 9.17) is 10.5 Å². The maximum atomic E-state index is 12.1. The second kappa shape index (κ2) is 6.23. The van der Waals surface area contributed by atoms with Crippen LogP contribution in [0.15, 0.2) is 24.3 Å². The number of nitrogens with zero attached hydrogens (tertiary/aromatic N) is 1. The Bertz CT molecular complexity index is 513. The van der Waals surface area contributed by atoms with Gasteiger partial charge in [-0.25, -0.2) is 0 Å². The Hall–Kier alpha value is -1.31. The van der Waals surface area contributed by atoms with E-state index in [1.165, 1.54) is 4.31 Å². The number of benzene rings is 1. The fourth-order valence-corrected chi connectivity index (χ4v) is 3.26. The van der Waals surface area contributed by atoms with Gasteiger partial charge in [0.05, 0.1) is 5.69 Å². The molecule has 0 amide bonds. The van der Waals surface area contributed by atoms with Gasteiger partial charge >= 0.3 is 10.2 Å². The number of nitrogens with one attached hydrogen (secondary N) is 1. The molecule has 106 valence electrons. The first-order chi connectivity index (χ1) is 9.12. The lowest BCUT2D eigenvalue weighted by Gasteiger charge is -2.17. The van der Waals surface area contributed by atoms with E-state index in [1.807, 2.05) is 0 Å². The third-order valence-electron chi connectivity index (χ3n) is 2.87. The number of nitrogens with two attached hydrogens (primary N) is 1. The van der Waals surface area contributed by atoms with E-state index in [0.29, 0.717) is 37.7 Å². The third kappa shape index (κ3) is 3.82. The lowest BCUT2D eigenvalue weighted by Crippen LogP contribution is -2.33. The van der Waals surface area contributed by atoms with Crippen LogP contribution < -0.4 is 15.2 Å². The molecule has 6 nitrogen and oxygen atoms in total. The van der Waals surface area contributed by atoms with Gasteiger partial charge in [0, 0.05) is 25.7 Å². The van der Waals surface area contributed by atoms with E-state index < -0.39 is 10.2 Å². The van der Waals surface area contributed by atoms with Gasteiger partial charge in [-0.2, -0.15) is 12.7 Å². The second-order valence-corrected chi connectivity index (χ2v) is 6.05. The molecule has 0 atom stereocenters. The molecule has 1 aliphatic heterocycles. The monoisotopic (exact) mass is 285 g/mol. The average Bonchev–Trinajstić information content (AvgIpc) is 2.91. The van der Waals surface area contributed by atoms with Gasteiger partial charge in [0.1, 0.15) is 12.4 Å². The van der Waals surface area contributed by atoms with Crippen molar-refractivity contribution >= 4 is 15.9 Å². The second-order valence-electron chi connectivity index (χ2n) is 4.38. The van der Waals surface area contributed by atoms with Gasteiger partial charge in [-0.3, -0.25) is 4.72 Å². The zero-order valence-corrected chi connectivity index (χ0v) is 11.5.